The Bertz CT molecular complexity index is 605. The maximum Gasteiger partial charge on any atom is 0.248 e. The van der Waals surface area contributed by atoms with Gasteiger partial charge in [-0.15, -0.1) is 10.2 Å². The molecule has 8 heteroatoms. The summed E-state index contributed by atoms with van der Waals surface area (Å²) in [6.07, 6.45) is 4.35. The molecule has 21 heavy (non-hydrogen) atoms. The molecule has 0 spiro atoms. The average molecular weight is 308 g/mol. The van der Waals surface area contributed by atoms with Gasteiger partial charge in [0.15, 0.2) is 0 Å². The molecule has 1 atom stereocenters. The highest BCUT2D eigenvalue weighted by Crippen LogP contribution is 2.20. The van der Waals surface area contributed by atoms with Crippen molar-refractivity contribution in [2.24, 2.45) is 13.0 Å². The minimum atomic E-state index is -0.462. The first-order valence-corrected chi connectivity index (χ1v) is 7.60. The first-order valence-electron chi connectivity index (χ1n) is 6.78. The number of nitrogens with one attached hydrogen (secondary N) is 2. The monoisotopic (exact) mass is 308 g/mol. The summed E-state index contributed by atoms with van der Waals surface area (Å²) in [6, 6.07) is -0.462. The van der Waals surface area contributed by atoms with Gasteiger partial charge in [0.1, 0.15) is 11.0 Å². The van der Waals surface area contributed by atoms with Gasteiger partial charge in [0, 0.05) is 25.2 Å². The van der Waals surface area contributed by atoms with Crippen LogP contribution in [-0.2, 0) is 18.3 Å². The van der Waals surface area contributed by atoms with Crippen molar-refractivity contribution >= 4 is 22.4 Å². The molecule has 2 aromatic heterocycles. The fourth-order valence-electron chi connectivity index (χ4n) is 1.95. The van der Waals surface area contributed by atoms with Gasteiger partial charge in [0.25, 0.3) is 0 Å². The van der Waals surface area contributed by atoms with Crippen molar-refractivity contribution in [3.05, 3.63) is 23.0 Å². The highest BCUT2D eigenvalue weighted by molar-refractivity contribution is 7.15. The second-order valence-corrected chi connectivity index (χ2v) is 6.32. The highest BCUT2D eigenvalue weighted by atomic mass is 32.1. The molecule has 7 nitrogen and oxygen atoms in total. The van der Waals surface area contributed by atoms with Crippen molar-refractivity contribution < 1.29 is 4.79 Å². The third kappa shape index (κ3) is 4.08. The Morgan fingerprint density at radius 3 is 2.76 bits per heavy atom. The van der Waals surface area contributed by atoms with Crippen LogP contribution in [0.15, 0.2) is 12.4 Å². The first-order chi connectivity index (χ1) is 9.99. The van der Waals surface area contributed by atoms with Gasteiger partial charge < -0.3 is 5.32 Å². The summed E-state index contributed by atoms with van der Waals surface area (Å²) in [5.74, 6) is 0.347. The van der Waals surface area contributed by atoms with E-state index < -0.39 is 6.04 Å². The lowest BCUT2D eigenvalue weighted by Crippen LogP contribution is -2.30. The zero-order valence-corrected chi connectivity index (χ0v) is 13.4. The van der Waals surface area contributed by atoms with Crippen LogP contribution in [0, 0.1) is 5.92 Å². The SMILES string of the molecule is CNC(C(=O)Nc1nnc(CC(C)C)s1)c1cnn(C)c1. The molecule has 114 valence electrons. The molecule has 2 rings (SSSR count). The van der Waals surface area contributed by atoms with Crippen LogP contribution in [0.25, 0.3) is 0 Å². The van der Waals surface area contributed by atoms with Crippen molar-refractivity contribution in [2.75, 3.05) is 12.4 Å². The van der Waals surface area contributed by atoms with Crippen molar-refractivity contribution in [2.45, 2.75) is 26.3 Å². The van der Waals surface area contributed by atoms with Gasteiger partial charge in [-0.2, -0.15) is 5.10 Å². The van der Waals surface area contributed by atoms with E-state index in [1.807, 2.05) is 13.2 Å². The van der Waals surface area contributed by atoms with Crippen molar-refractivity contribution in [3.63, 3.8) is 0 Å². The van der Waals surface area contributed by atoms with Gasteiger partial charge in [-0.25, -0.2) is 0 Å². The van der Waals surface area contributed by atoms with E-state index in [1.54, 1.807) is 17.9 Å². The number of aryl methyl sites for hydroxylation is 1. The fourth-order valence-corrected chi connectivity index (χ4v) is 2.91. The Morgan fingerprint density at radius 1 is 1.43 bits per heavy atom. The lowest BCUT2D eigenvalue weighted by atomic mass is 10.1. The molecule has 0 aromatic carbocycles. The lowest BCUT2D eigenvalue weighted by Gasteiger charge is -2.12. The third-order valence-corrected chi connectivity index (χ3v) is 3.75. The van der Waals surface area contributed by atoms with E-state index in [0.29, 0.717) is 11.0 Å². The Kier molecular flexibility index (Phi) is 5.03. The molecule has 0 saturated carbocycles. The summed E-state index contributed by atoms with van der Waals surface area (Å²) in [5.41, 5.74) is 0.810. The van der Waals surface area contributed by atoms with Crippen LogP contribution in [0.3, 0.4) is 0 Å². The minimum Gasteiger partial charge on any atom is -0.305 e. The van der Waals surface area contributed by atoms with Crippen LogP contribution < -0.4 is 10.6 Å². The highest BCUT2D eigenvalue weighted by Gasteiger charge is 2.21. The normalized spacial score (nSPS) is 12.6. The molecular weight excluding hydrogens is 288 g/mol. The van der Waals surface area contributed by atoms with E-state index >= 15 is 0 Å². The first kappa shape index (κ1) is 15.6. The minimum absolute atomic E-state index is 0.169. The van der Waals surface area contributed by atoms with E-state index in [9.17, 15) is 4.79 Å². The second-order valence-electron chi connectivity index (χ2n) is 5.26. The Balaban J connectivity index is 2.04. The lowest BCUT2D eigenvalue weighted by molar-refractivity contribution is -0.118. The zero-order valence-electron chi connectivity index (χ0n) is 12.6. The van der Waals surface area contributed by atoms with Crippen molar-refractivity contribution in [3.8, 4) is 0 Å². The van der Waals surface area contributed by atoms with Crippen LogP contribution in [0.5, 0.6) is 0 Å². The van der Waals surface area contributed by atoms with E-state index in [0.717, 1.165) is 17.0 Å². The third-order valence-electron chi connectivity index (χ3n) is 2.89. The molecule has 0 radical (unpaired) electrons. The maximum absolute atomic E-state index is 12.3. The summed E-state index contributed by atoms with van der Waals surface area (Å²) in [6.45, 7) is 4.25. The molecule has 2 aromatic rings. The molecule has 0 aliphatic rings. The predicted molar refractivity (Wildman–Crippen MR) is 82.1 cm³/mol. The van der Waals surface area contributed by atoms with E-state index in [1.165, 1.54) is 11.3 Å². The number of hydrogen-bond donors (Lipinski definition) is 2. The van der Waals surface area contributed by atoms with E-state index in [4.69, 9.17) is 0 Å². The molecule has 0 bridgehead atoms. The molecule has 0 aliphatic heterocycles. The Hall–Kier alpha value is -1.80. The number of carbonyl (C=O) groups is 1. The molecule has 1 unspecified atom stereocenters. The number of hydrogen-bond acceptors (Lipinski definition) is 6. The zero-order chi connectivity index (χ0) is 15.4. The standard InChI is InChI=1S/C13H20N6OS/c1-8(2)5-10-17-18-13(21-10)16-12(20)11(14-3)9-6-15-19(4)7-9/h6-8,11,14H,5H2,1-4H3,(H,16,18,20). The van der Waals surface area contributed by atoms with Gasteiger partial charge >= 0.3 is 0 Å². The van der Waals surface area contributed by atoms with Crippen molar-refractivity contribution in [1.29, 1.82) is 0 Å². The Morgan fingerprint density at radius 2 is 2.19 bits per heavy atom. The quantitative estimate of drug-likeness (QED) is 0.842. The summed E-state index contributed by atoms with van der Waals surface area (Å²) in [4.78, 5) is 12.3. The summed E-state index contributed by atoms with van der Waals surface area (Å²) in [7, 11) is 3.55. The number of aromatic nitrogens is 4. The Labute approximate surface area is 127 Å². The van der Waals surface area contributed by atoms with Crippen LogP contribution in [-0.4, -0.2) is 32.9 Å². The number of carbonyl (C=O) groups excluding carboxylic acids is 1. The smallest absolute Gasteiger partial charge is 0.248 e. The van der Waals surface area contributed by atoms with E-state index in [-0.39, 0.29) is 5.91 Å². The van der Waals surface area contributed by atoms with Crippen molar-refractivity contribution in [1.82, 2.24) is 25.3 Å². The number of amides is 1. The average Bonchev–Trinajstić information content (AvgIpc) is 2.99. The molecule has 0 aliphatic carbocycles. The van der Waals surface area contributed by atoms with Crippen LogP contribution in [0.4, 0.5) is 5.13 Å². The van der Waals surface area contributed by atoms with Gasteiger partial charge in [-0.05, 0) is 13.0 Å². The largest absolute Gasteiger partial charge is 0.305 e. The number of likely N-dealkylation sites (N-methyl/N-ethyl adjacent to an activating group) is 1. The molecule has 0 saturated heterocycles. The predicted octanol–water partition coefficient (Wildman–Crippen LogP) is 1.37. The molecule has 1 amide bonds. The van der Waals surface area contributed by atoms with Gasteiger partial charge in [-0.3, -0.25) is 14.8 Å². The number of rotatable bonds is 6. The molecular formula is C13H20N6OS. The maximum atomic E-state index is 12.3. The van der Waals surface area contributed by atoms with E-state index in [2.05, 4.69) is 39.8 Å². The molecule has 2 heterocycles. The summed E-state index contributed by atoms with van der Waals surface area (Å²) < 4.78 is 1.67. The second kappa shape index (κ2) is 6.77. The number of nitrogens with zero attached hydrogens (tertiary/aromatic N) is 4. The van der Waals surface area contributed by atoms with Gasteiger partial charge in [-0.1, -0.05) is 25.2 Å². The van der Waals surface area contributed by atoms with Gasteiger partial charge in [0.2, 0.25) is 11.0 Å². The summed E-state index contributed by atoms with van der Waals surface area (Å²) in [5, 5.41) is 19.4. The fraction of sp³-hybridized carbons (Fsp3) is 0.538. The molecule has 2 N–H and O–H groups in total. The molecule has 0 fully saturated rings. The van der Waals surface area contributed by atoms with Crippen LogP contribution >= 0.6 is 11.3 Å². The van der Waals surface area contributed by atoms with Crippen LogP contribution in [0.2, 0.25) is 0 Å². The topological polar surface area (TPSA) is 84.7 Å². The summed E-state index contributed by atoms with van der Waals surface area (Å²) >= 11 is 1.42. The number of anilines is 1. The van der Waals surface area contributed by atoms with Gasteiger partial charge in [0.05, 0.1) is 6.20 Å². The van der Waals surface area contributed by atoms with Crippen LogP contribution in [0.1, 0.15) is 30.5 Å².